The van der Waals surface area contributed by atoms with Crippen molar-refractivity contribution in [3.8, 4) is 17.1 Å². The smallest absolute Gasteiger partial charge is 0.309 e. The molecule has 2 aromatic carbocycles. The zero-order valence-electron chi connectivity index (χ0n) is 14.1. The van der Waals surface area contributed by atoms with Crippen molar-refractivity contribution in [2.24, 2.45) is 0 Å². The topological polar surface area (TPSA) is 83.9 Å². The molecular weight excluding hydrogens is 348 g/mol. The summed E-state index contributed by atoms with van der Waals surface area (Å²) in [4.78, 5) is 16.8. The van der Waals surface area contributed by atoms with Gasteiger partial charge in [0.25, 0.3) is 0 Å². The van der Waals surface area contributed by atoms with E-state index in [1.165, 1.54) is 0 Å². The number of hydrazine groups is 1. The maximum absolute atomic E-state index is 12.4. The number of carbonyl (C=O) groups excluding carboxylic acids is 1. The Morgan fingerprint density at radius 2 is 1.69 bits per heavy atom. The Hall–Kier alpha value is -3.26. The molecule has 0 aliphatic heterocycles. The average Bonchev–Trinajstić information content (AvgIpc) is 3.13. The fraction of sp³-hybridized carbons (Fsp3) is 0.111. The summed E-state index contributed by atoms with van der Waals surface area (Å²) in [5.41, 5.74) is 6.79. The van der Waals surface area contributed by atoms with Gasteiger partial charge in [-0.1, -0.05) is 48.5 Å². The maximum Gasteiger partial charge on any atom is 0.309 e. The maximum atomic E-state index is 12.4. The molecule has 0 atom stereocenters. The van der Waals surface area contributed by atoms with Gasteiger partial charge in [-0.25, -0.2) is 9.67 Å². The van der Waals surface area contributed by atoms with Gasteiger partial charge in [0, 0.05) is 12.1 Å². The fourth-order valence-electron chi connectivity index (χ4n) is 2.31. The highest BCUT2D eigenvalue weighted by Gasteiger charge is 2.18. The van der Waals surface area contributed by atoms with E-state index >= 15 is 0 Å². The number of nitrogens with one attached hydrogen (secondary N) is 3. The standard InChI is InChI=1S/C18H18N6OS/c1-2-19-18(26)22-21-17(25)15-20-16(13-9-5-3-6-10-13)24(23-15)14-11-7-4-8-12-14/h3-12H,2H2,1H3,(H,21,25)(H2,19,22,26). The van der Waals surface area contributed by atoms with E-state index in [9.17, 15) is 4.79 Å². The van der Waals surface area contributed by atoms with Gasteiger partial charge >= 0.3 is 5.91 Å². The van der Waals surface area contributed by atoms with Crippen LogP contribution in [0.25, 0.3) is 17.1 Å². The predicted molar refractivity (Wildman–Crippen MR) is 104 cm³/mol. The Balaban J connectivity index is 1.92. The molecule has 1 aromatic heterocycles. The van der Waals surface area contributed by atoms with E-state index < -0.39 is 5.91 Å². The molecule has 0 aliphatic rings. The molecule has 3 N–H and O–H groups in total. The largest absolute Gasteiger partial charge is 0.362 e. The summed E-state index contributed by atoms with van der Waals surface area (Å²) in [6.45, 7) is 2.56. The quantitative estimate of drug-likeness (QED) is 0.484. The van der Waals surface area contributed by atoms with Crippen LogP contribution in [-0.2, 0) is 0 Å². The summed E-state index contributed by atoms with van der Waals surface area (Å²) in [7, 11) is 0. The molecule has 0 saturated carbocycles. The van der Waals surface area contributed by atoms with E-state index in [1.54, 1.807) is 4.68 Å². The Labute approximate surface area is 156 Å². The van der Waals surface area contributed by atoms with Gasteiger partial charge < -0.3 is 5.32 Å². The van der Waals surface area contributed by atoms with Crippen molar-refractivity contribution in [3.05, 3.63) is 66.5 Å². The van der Waals surface area contributed by atoms with E-state index in [4.69, 9.17) is 12.2 Å². The van der Waals surface area contributed by atoms with Gasteiger partial charge in [0.15, 0.2) is 10.9 Å². The predicted octanol–water partition coefficient (Wildman–Crippen LogP) is 2.06. The molecule has 26 heavy (non-hydrogen) atoms. The van der Waals surface area contributed by atoms with E-state index in [0.29, 0.717) is 17.5 Å². The number of hydrogen-bond donors (Lipinski definition) is 3. The van der Waals surface area contributed by atoms with Crippen LogP contribution in [0.2, 0.25) is 0 Å². The first-order chi connectivity index (χ1) is 12.7. The minimum atomic E-state index is -0.475. The van der Waals surface area contributed by atoms with Crippen molar-refractivity contribution in [1.82, 2.24) is 30.9 Å². The summed E-state index contributed by atoms with van der Waals surface area (Å²) in [5, 5.41) is 7.58. The van der Waals surface area contributed by atoms with Gasteiger partial charge in [-0.05, 0) is 31.3 Å². The molecule has 0 unspecified atom stereocenters. The lowest BCUT2D eigenvalue weighted by Gasteiger charge is -2.08. The molecular formula is C18H18N6OS. The van der Waals surface area contributed by atoms with Crippen molar-refractivity contribution in [3.63, 3.8) is 0 Å². The third-order valence-electron chi connectivity index (χ3n) is 3.47. The molecule has 7 nitrogen and oxygen atoms in total. The second-order valence-corrected chi connectivity index (χ2v) is 5.72. The Kier molecular flexibility index (Phi) is 5.55. The van der Waals surface area contributed by atoms with Crippen molar-refractivity contribution in [1.29, 1.82) is 0 Å². The number of rotatable bonds is 4. The van der Waals surface area contributed by atoms with Crippen LogP contribution in [0.3, 0.4) is 0 Å². The summed E-state index contributed by atoms with van der Waals surface area (Å²) >= 11 is 5.02. The van der Waals surface area contributed by atoms with E-state index in [0.717, 1.165) is 11.3 Å². The lowest BCUT2D eigenvalue weighted by Crippen LogP contribution is -2.47. The Morgan fingerprint density at radius 1 is 1.04 bits per heavy atom. The molecule has 0 saturated heterocycles. The zero-order chi connectivity index (χ0) is 18.4. The zero-order valence-corrected chi connectivity index (χ0v) is 15.0. The lowest BCUT2D eigenvalue weighted by atomic mass is 10.2. The van der Waals surface area contributed by atoms with Gasteiger partial charge in [0.05, 0.1) is 5.69 Å². The van der Waals surface area contributed by atoms with Crippen LogP contribution in [0.1, 0.15) is 17.5 Å². The van der Waals surface area contributed by atoms with Gasteiger partial charge in [0.1, 0.15) is 0 Å². The number of amides is 1. The number of thiocarbonyl (C=S) groups is 1. The highest BCUT2D eigenvalue weighted by molar-refractivity contribution is 7.80. The first kappa shape index (κ1) is 17.6. The van der Waals surface area contributed by atoms with Crippen molar-refractivity contribution in [2.45, 2.75) is 6.92 Å². The highest BCUT2D eigenvalue weighted by Crippen LogP contribution is 2.20. The normalized spacial score (nSPS) is 10.2. The number of nitrogens with zero attached hydrogens (tertiary/aromatic N) is 3. The Morgan fingerprint density at radius 3 is 2.35 bits per heavy atom. The van der Waals surface area contributed by atoms with Gasteiger partial charge in [-0.15, -0.1) is 5.10 Å². The third-order valence-corrected chi connectivity index (χ3v) is 3.72. The minimum absolute atomic E-state index is 0.0412. The average molecular weight is 366 g/mol. The van der Waals surface area contributed by atoms with Crippen LogP contribution in [0.4, 0.5) is 0 Å². The fourth-order valence-corrected chi connectivity index (χ4v) is 2.50. The third kappa shape index (κ3) is 4.04. The minimum Gasteiger partial charge on any atom is -0.362 e. The first-order valence-corrected chi connectivity index (χ1v) is 8.52. The van der Waals surface area contributed by atoms with Crippen molar-refractivity contribution in [2.75, 3.05) is 6.54 Å². The molecule has 0 aliphatic carbocycles. The summed E-state index contributed by atoms with van der Waals surface area (Å²) in [5.74, 6) is 0.146. The molecule has 3 rings (SSSR count). The number of benzene rings is 2. The number of para-hydroxylation sites is 1. The first-order valence-electron chi connectivity index (χ1n) is 8.11. The van der Waals surface area contributed by atoms with Crippen LogP contribution in [0.15, 0.2) is 60.7 Å². The molecule has 0 radical (unpaired) electrons. The molecule has 8 heteroatoms. The molecule has 0 spiro atoms. The van der Waals surface area contributed by atoms with Crippen LogP contribution in [0.5, 0.6) is 0 Å². The SMILES string of the molecule is CCNC(=S)NNC(=O)c1nc(-c2ccccc2)n(-c2ccccc2)n1. The molecule has 0 fully saturated rings. The van der Waals surface area contributed by atoms with E-state index in [2.05, 4.69) is 26.3 Å². The highest BCUT2D eigenvalue weighted by atomic mass is 32.1. The lowest BCUT2D eigenvalue weighted by molar-refractivity contribution is 0.0933. The van der Waals surface area contributed by atoms with E-state index in [1.807, 2.05) is 67.6 Å². The summed E-state index contributed by atoms with van der Waals surface area (Å²) in [6.07, 6.45) is 0. The second-order valence-electron chi connectivity index (χ2n) is 5.31. The molecule has 1 amide bonds. The monoisotopic (exact) mass is 366 g/mol. The second kappa shape index (κ2) is 8.21. The number of hydrogen-bond acceptors (Lipinski definition) is 4. The summed E-state index contributed by atoms with van der Waals surface area (Å²) in [6, 6.07) is 19.1. The van der Waals surface area contributed by atoms with Crippen molar-refractivity contribution >= 4 is 23.2 Å². The van der Waals surface area contributed by atoms with Crippen LogP contribution in [0, 0.1) is 0 Å². The van der Waals surface area contributed by atoms with Crippen LogP contribution in [-0.4, -0.2) is 32.3 Å². The molecule has 3 aromatic rings. The molecule has 132 valence electrons. The van der Waals surface area contributed by atoms with Crippen LogP contribution < -0.4 is 16.2 Å². The Bertz CT molecular complexity index is 838. The summed E-state index contributed by atoms with van der Waals surface area (Å²) < 4.78 is 1.65. The van der Waals surface area contributed by atoms with Gasteiger partial charge in [0.2, 0.25) is 5.82 Å². The molecule has 0 bridgehead atoms. The van der Waals surface area contributed by atoms with E-state index in [-0.39, 0.29) is 5.82 Å². The van der Waals surface area contributed by atoms with Crippen LogP contribution >= 0.6 is 12.2 Å². The molecule has 1 heterocycles. The van der Waals surface area contributed by atoms with Gasteiger partial charge in [-0.2, -0.15) is 0 Å². The van der Waals surface area contributed by atoms with Gasteiger partial charge in [-0.3, -0.25) is 15.6 Å². The number of aromatic nitrogens is 3. The van der Waals surface area contributed by atoms with Crippen molar-refractivity contribution < 1.29 is 4.79 Å². The number of carbonyl (C=O) groups is 1.